The molecular formula is C20H23Cl2FN2O2. The van der Waals surface area contributed by atoms with Gasteiger partial charge in [0, 0.05) is 6.54 Å². The van der Waals surface area contributed by atoms with E-state index in [9.17, 15) is 9.18 Å². The average Bonchev–Trinajstić information content (AvgIpc) is 2.67. The number of ether oxygens (including phenoxy) is 1. The van der Waals surface area contributed by atoms with E-state index in [1.165, 1.54) is 6.07 Å². The molecule has 1 N–H and O–H groups in total. The summed E-state index contributed by atoms with van der Waals surface area (Å²) in [4.78, 5) is 14.8. The molecule has 0 spiro atoms. The third-order valence-electron chi connectivity index (χ3n) is 4.44. The molecule has 0 fully saturated rings. The van der Waals surface area contributed by atoms with Gasteiger partial charge < -0.3 is 10.1 Å². The minimum atomic E-state index is -0.681. The second-order valence-electron chi connectivity index (χ2n) is 5.97. The fraction of sp³-hybridized carbons (Fsp3) is 0.350. The SMILES string of the molecule is CCN(CC)C(CNC(=O)c1cc(F)c(Cl)cc1Cl)c1cccc(OC)c1. The molecule has 2 aromatic carbocycles. The highest BCUT2D eigenvalue weighted by Gasteiger charge is 2.21. The monoisotopic (exact) mass is 412 g/mol. The van der Waals surface area contributed by atoms with E-state index >= 15 is 0 Å². The van der Waals surface area contributed by atoms with Crippen molar-refractivity contribution in [2.75, 3.05) is 26.7 Å². The Morgan fingerprint density at radius 2 is 1.89 bits per heavy atom. The van der Waals surface area contributed by atoms with E-state index < -0.39 is 11.7 Å². The van der Waals surface area contributed by atoms with Gasteiger partial charge >= 0.3 is 0 Å². The molecule has 0 bridgehead atoms. The third-order valence-corrected chi connectivity index (χ3v) is 5.04. The quantitative estimate of drug-likeness (QED) is 0.623. The normalized spacial score (nSPS) is 12.1. The van der Waals surface area contributed by atoms with Crippen LogP contribution < -0.4 is 10.1 Å². The fourth-order valence-corrected chi connectivity index (χ4v) is 3.42. The molecule has 0 aliphatic heterocycles. The molecule has 1 atom stereocenters. The minimum Gasteiger partial charge on any atom is -0.497 e. The number of nitrogens with zero attached hydrogens (tertiary/aromatic N) is 1. The second-order valence-corrected chi connectivity index (χ2v) is 6.78. The zero-order chi connectivity index (χ0) is 20.0. The van der Waals surface area contributed by atoms with Crippen LogP contribution >= 0.6 is 23.2 Å². The standard InChI is InChI=1S/C20H23Cl2FN2O2/c1-4-25(5-2)19(13-7-6-8-14(9-13)27-3)12-24-20(26)15-10-18(23)17(22)11-16(15)21/h6-11,19H,4-5,12H2,1-3H3,(H,24,26). The Morgan fingerprint density at radius 3 is 2.52 bits per heavy atom. The first-order valence-corrected chi connectivity index (χ1v) is 9.47. The molecule has 0 aliphatic rings. The maximum absolute atomic E-state index is 13.7. The van der Waals surface area contributed by atoms with Gasteiger partial charge in [0.2, 0.25) is 0 Å². The van der Waals surface area contributed by atoms with Gasteiger partial charge in [-0.05, 0) is 42.9 Å². The van der Waals surface area contributed by atoms with Crippen molar-refractivity contribution < 1.29 is 13.9 Å². The highest BCUT2D eigenvalue weighted by Crippen LogP contribution is 2.26. The highest BCUT2D eigenvalue weighted by atomic mass is 35.5. The zero-order valence-corrected chi connectivity index (χ0v) is 17.1. The van der Waals surface area contributed by atoms with Crippen molar-refractivity contribution >= 4 is 29.1 Å². The molecule has 0 aliphatic carbocycles. The van der Waals surface area contributed by atoms with Crippen molar-refractivity contribution in [2.24, 2.45) is 0 Å². The number of hydrogen-bond donors (Lipinski definition) is 1. The van der Waals surface area contributed by atoms with Gasteiger partial charge in [-0.15, -0.1) is 0 Å². The lowest BCUT2D eigenvalue weighted by molar-refractivity contribution is 0.0934. The summed E-state index contributed by atoms with van der Waals surface area (Å²) in [5.74, 6) is -0.381. The van der Waals surface area contributed by atoms with Gasteiger partial charge in [0.05, 0.1) is 28.8 Å². The van der Waals surface area contributed by atoms with Crippen LogP contribution in [0.1, 0.15) is 35.8 Å². The van der Waals surface area contributed by atoms with E-state index in [2.05, 4.69) is 24.1 Å². The van der Waals surface area contributed by atoms with Crippen LogP contribution in [-0.2, 0) is 0 Å². The van der Waals surface area contributed by atoms with Crippen LogP contribution in [0, 0.1) is 5.82 Å². The molecule has 2 aromatic rings. The largest absolute Gasteiger partial charge is 0.497 e. The number of halogens is 3. The number of hydrogen-bond acceptors (Lipinski definition) is 3. The maximum atomic E-state index is 13.7. The van der Waals surface area contributed by atoms with E-state index in [4.69, 9.17) is 27.9 Å². The topological polar surface area (TPSA) is 41.6 Å². The summed E-state index contributed by atoms with van der Waals surface area (Å²) < 4.78 is 19.0. The van der Waals surface area contributed by atoms with Crippen LogP contribution in [0.15, 0.2) is 36.4 Å². The average molecular weight is 413 g/mol. The van der Waals surface area contributed by atoms with Crippen LogP contribution in [0.4, 0.5) is 4.39 Å². The van der Waals surface area contributed by atoms with E-state index in [0.29, 0.717) is 6.54 Å². The predicted octanol–water partition coefficient (Wildman–Crippen LogP) is 4.95. The molecule has 4 nitrogen and oxygen atoms in total. The summed E-state index contributed by atoms with van der Waals surface area (Å²) in [6, 6.07) is 9.96. The Balaban J connectivity index is 2.23. The molecule has 0 radical (unpaired) electrons. The predicted molar refractivity (Wildman–Crippen MR) is 107 cm³/mol. The van der Waals surface area contributed by atoms with Crippen molar-refractivity contribution in [3.8, 4) is 5.75 Å². The molecule has 0 aromatic heterocycles. The molecule has 2 rings (SSSR count). The number of rotatable bonds is 8. The van der Waals surface area contributed by atoms with Crippen LogP contribution in [-0.4, -0.2) is 37.6 Å². The Hall–Kier alpha value is -1.82. The second kappa shape index (κ2) is 9.93. The Kier molecular flexibility index (Phi) is 7.90. The Morgan fingerprint density at radius 1 is 1.19 bits per heavy atom. The summed E-state index contributed by atoms with van der Waals surface area (Å²) in [6.45, 7) is 6.08. The molecule has 1 amide bonds. The van der Waals surface area contributed by atoms with Gasteiger partial charge in [0.15, 0.2) is 0 Å². The first kappa shape index (κ1) is 21.5. The fourth-order valence-electron chi connectivity index (χ4n) is 2.95. The number of nitrogens with one attached hydrogen (secondary N) is 1. The molecular weight excluding hydrogens is 390 g/mol. The number of amides is 1. The summed E-state index contributed by atoms with van der Waals surface area (Å²) in [5, 5.41) is 2.85. The van der Waals surface area contributed by atoms with Crippen molar-refractivity contribution in [3.05, 3.63) is 63.4 Å². The summed E-state index contributed by atoms with van der Waals surface area (Å²) in [7, 11) is 1.62. The van der Waals surface area contributed by atoms with Crippen molar-refractivity contribution in [1.29, 1.82) is 0 Å². The zero-order valence-electron chi connectivity index (χ0n) is 15.6. The number of carbonyl (C=O) groups is 1. The van der Waals surface area contributed by atoms with Gasteiger partial charge in [-0.3, -0.25) is 9.69 Å². The lowest BCUT2D eigenvalue weighted by atomic mass is 10.0. The van der Waals surface area contributed by atoms with Gasteiger partial charge in [-0.2, -0.15) is 0 Å². The van der Waals surface area contributed by atoms with Crippen LogP contribution in [0.3, 0.4) is 0 Å². The van der Waals surface area contributed by atoms with Gasteiger partial charge in [0.25, 0.3) is 5.91 Å². The van der Waals surface area contributed by atoms with Gasteiger partial charge in [-0.25, -0.2) is 4.39 Å². The third kappa shape index (κ3) is 5.34. The van der Waals surface area contributed by atoms with E-state index in [1.54, 1.807) is 7.11 Å². The molecule has 27 heavy (non-hydrogen) atoms. The van der Waals surface area contributed by atoms with Crippen molar-refractivity contribution in [1.82, 2.24) is 10.2 Å². The van der Waals surface area contributed by atoms with Crippen molar-refractivity contribution in [2.45, 2.75) is 19.9 Å². The smallest absolute Gasteiger partial charge is 0.252 e. The molecule has 7 heteroatoms. The molecule has 0 heterocycles. The summed E-state index contributed by atoms with van der Waals surface area (Å²) >= 11 is 11.7. The summed E-state index contributed by atoms with van der Waals surface area (Å²) in [6.07, 6.45) is 0. The van der Waals surface area contributed by atoms with Crippen molar-refractivity contribution in [3.63, 3.8) is 0 Å². The number of benzene rings is 2. The minimum absolute atomic E-state index is 0.0579. The highest BCUT2D eigenvalue weighted by molar-refractivity contribution is 6.36. The van der Waals surface area contributed by atoms with E-state index in [-0.39, 0.29) is 21.7 Å². The first-order valence-electron chi connectivity index (χ1n) is 8.71. The number of likely N-dealkylation sites (N-methyl/N-ethyl adjacent to an activating group) is 1. The summed E-state index contributed by atoms with van der Waals surface area (Å²) in [5.41, 5.74) is 1.08. The molecule has 1 unspecified atom stereocenters. The van der Waals surface area contributed by atoms with E-state index in [0.717, 1.165) is 30.5 Å². The lowest BCUT2D eigenvalue weighted by Gasteiger charge is -2.30. The van der Waals surface area contributed by atoms with Gasteiger partial charge in [0.1, 0.15) is 11.6 Å². The van der Waals surface area contributed by atoms with Crippen LogP contribution in [0.25, 0.3) is 0 Å². The van der Waals surface area contributed by atoms with Gasteiger partial charge in [-0.1, -0.05) is 49.2 Å². The number of carbonyl (C=O) groups excluding carboxylic acids is 1. The lowest BCUT2D eigenvalue weighted by Crippen LogP contribution is -2.38. The van der Waals surface area contributed by atoms with Crippen LogP contribution in [0.2, 0.25) is 10.0 Å². The molecule has 0 saturated carbocycles. The number of methoxy groups -OCH3 is 1. The maximum Gasteiger partial charge on any atom is 0.252 e. The Labute approximate surface area is 169 Å². The molecule has 0 saturated heterocycles. The van der Waals surface area contributed by atoms with E-state index in [1.807, 2.05) is 24.3 Å². The molecule has 146 valence electrons. The Bertz CT molecular complexity index is 798. The first-order chi connectivity index (χ1) is 12.9. The van der Waals surface area contributed by atoms with Crippen LogP contribution in [0.5, 0.6) is 5.75 Å².